The number of rotatable bonds is 5. The Morgan fingerprint density at radius 2 is 1.92 bits per heavy atom. The maximum absolute atomic E-state index is 13.0. The van der Waals surface area contributed by atoms with Gasteiger partial charge in [0, 0.05) is 11.3 Å². The molecule has 26 heavy (non-hydrogen) atoms. The fourth-order valence-electron chi connectivity index (χ4n) is 2.96. The summed E-state index contributed by atoms with van der Waals surface area (Å²) in [5.41, 5.74) is 12.1. The molecule has 0 fully saturated rings. The number of nitrogens with one attached hydrogen (secondary N) is 1. The number of nitrogen functional groups attached to an aromatic ring is 1. The van der Waals surface area contributed by atoms with Crippen LogP contribution in [0.15, 0.2) is 36.4 Å². The van der Waals surface area contributed by atoms with Crippen LogP contribution in [0.1, 0.15) is 44.4 Å². The van der Waals surface area contributed by atoms with Crippen molar-refractivity contribution in [1.82, 2.24) is 4.98 Å². The summed E-state index contributed by atoms with van der Waals surface area (Å²) in [6.07, 6.45) is 0.916. The standard InChI is InChI=1S/C21H23N3OS/c1-5-15-8-6-7-14(4)17(15)23-21-24-20(22)19(26-21)18(25)16-11-12(2)9-10-13(16)3/h6-11H,5,22H2,1-4H3,(H,23,24). The van der Waals surface area contributed by atoms with Crippen molar-refractivity contribution in [1.29, 1.82) is 0 Å². The van der Waals surface area contributed by atoms with E-state index in [1.807, 2.05) is 38.1 Å². The summed E-state index contributed by atoms with van der Waals surface area (Å²) in [6, 6.07) is 12.1. The quantitative estimate of drug-likeness (QED) is 0.611. The van der Waals surface area contributed by atoms with E-state index in [9.17, 15) is 4.79 Å². The van der Waals surface area contributed by atoms with Crippen LogP contribution in [0.25, 0.3) is 0 Å². The Kier molecular flexibility index (Phi) is 5.09. The average molecular weight is 366 g/mol. The largest absolute Gasteiger partial charge is 0.382 e. The van der Waals surface area contributed by atoms with E-state index < -0.39 is 0 Å². The number of para-hydroxylation sites is 1. The molecule has 0 saturated carbocycles. The van der Waals surface area contributed by atoms with Gasteiger partial charge in [0.2, 0.25) is 5.78 Å². The van der Waals surface area contributed by atoms with E-state index >= 15 is 0 Å². The Labute approximate surface area is 158 Å². The van der Waals surface area contributed by atoms with Crippen molar-refractivity contribution in [3.05, 3.63) is 69.1 Å². The Hall–Kier alpha value is -2.66. The average Bonchev–Trinajstić information content (AvgIpc) is 2.98. The lowest BCUT2D eigenvalue weighted by Gasteiger charge is -2.11. The molecule has 0 aliphatic rings. The van der Waals surface area contributed by atoms with E-state index in [2.05, 4.69) is 36.3 Å². The maximum atomic E-state index is 13.0. The highest BCUT2D eigenvalue weighted by atomic mass is 32.1. The molecule has 0 unspecified atom stereocenters. The number of benzene rings is 2. The van der Waals surface area contributed by atoms with Crippen LogP contribution in [-0.2, 0) is 6.42 Å². The first-order valence-electron chi connectivity index (χ1n) is 8.64. The molecule has 0 aliphatic heterocycles. The van der Waals surface area contributed by atoms with Crippen molar-refractivity contribution in [3.63, 3.8) is 0 Å². The van der Waals surface area contributed by atoms with Crippen LogP contribution in [0.3, 0.4) is 0 Å². The maximum Gasteiger partial charge on any atom is 0.207 e. The first-order chi connectivity index (χ1) is 12.4. The fourth-order valence-corrected chi connectivity index (χ4v) is 3.80. The van der Waals surface area contributed by atoms with E-state index in [0.717, 1.165) is 28.8 Å². The second-order valence-electron chi connectivity index (χ2n) is 6.47. The monoisotopic (exact) mass is 365 g/mol. The molecule has 0 atom stereocenters. The predicted molar refractivity (Wildman–Crippen MR) is 110 cm³/mol. The number of hydrogen-bond acceptors (Lipinski definition) is 5. The van der Waals surface area contributed by atoms with Gasteiger partial charge in [0.15, 0.2) is 5.13 Å². The SMILES string of the molecule is CCc1cccc(C)c1Nc1nc(N)c(C(=O)c2cc(C)ccc2C)s1. The van der Waals surface area contributed by atoms with Gasteiger partial charge in [0.1, 0.15) is 10.7 Å². The van der Waals surface area contributed by atoms with Gasteiger partial charge in [-0.3, -0.25) is 4.79 Å². The first-order valence-corrected chi connectivity index (χ1v) is 9.46. The molecule has 5 heteroatoms. The molecule has 1 heterocycles. The van der Waals surface area contributed by atoms with Crippen LogP contribution in [-0.4, -0.2) is 10.8 Å². The molecule has 2 aromatic carbocycles. The minimum Gasteiger partial charge on any atom is -0.382 e. The van der Waals surface area contributed by atoms with E-state index in [4.69, 9.17) is 5.73 Å². The third-order valence-electron chi connectivity index (χ3n) is 4.47. The lowest BCUT2D eigenvalue weighted by Crippen LogP contribution is -2.05. The Morgan fingerprint density at radius 1 is 1.15 bits per heavy atom. The van der Waals surface area contributed by atoms with Gasteiger partial charge in [-0.05, 0) is 49.9 Å². The van der Waals surface area contributed by atoms with E-state index in [-0.39, 0.29) is 11.6 Å². The van der Waals surface area contributed by atoms with E-state index in [1.54, 1.807) is 0 Å². The van der Waals surface area contributed by atoms with Gasteiger partial charge >= 0.3 is 0 Å². The Balaban J connectivity index is 1.95. The summed E-state index contributed by atoms with van der Waals surface area (Å²) >= 11 is 1.30. The van der Waals surface area contributed by atoms with Crippen molar-refractivity contribution in [3.8, 4) is 0 Å². The molecule has 0 bridgehead atoms. The van der Waals surface area contributed by atoms with Gasteiger partial charge in [-0.2, -0.15) is 0 Å². The lowest BCUT2D eigenvalue weighted by atomic mass is 10.0. The highest BCUT2D eigenvalue weighted by Gasteiger charge is 2.20. The Bertz CT molecular complexity index is 975. The van der Waals surface area contributed by atoms with Crippen LogP contribution >= 0.6 is 11.3 Å². The topological polar surface area (TPSA) is 68.0 Å². The third-order valence-corrected chi connectivity index (χ3v) is 5.45. The number of hydrogen-bond donors (Lipinski definition) is 2. The van der Waals surface area contributed by atoms with Crippen molar-refractivity contribution >= 4 is 33.8 Å². The zero-order valence-electron chi connectivity index (χ0n) is 15.5. The number of nitrogens with two attached hydrogens (primary N) is 1. The number of carbonyl (C=O) groups excluding carboxylic acids is 1. The molecular formula is C21H23N3OS. The summed E-state index contributed by atoms with van der Waals surface area (Å²) in [5.74, 6) is 0.199. The molecule has 3 N–H and O–H groups in total. The Morgan fingerprint density at radius 3 is 2.65 bits per heavy atom. The number of nitrogens with zero attached hydrogens (tertiary/aromatic N) is 1. The molecular weight excluding hydrogens is 342 g/mol. The number of anilines is 3. The normalized spacial score (nSPS) is 10.8. The van der Waals surface area contributed by atoms with Gasteiger partial charge in [0.05, 0.1) is 0 Å². The number of carbonyl (C=O) groups is 1. The number of ketones is 1. The zero-order valence-corrected chi connectivity index (χ0v) is 16.3. The van der Waals surface area contributed by atoms with Crippen LogP contribution in [0.4, 0.5) is 16.6 Å². The number of thiazole rings is 1. The lowest BCUT2D eigenvalue weighted by molar-refractivity contribution is 0.104. The van der Waals surface area contributed by atoms with Crippen LogP contribution in [0.2, 0.25) is 0 Å². The molecule has 0 amide bonds. The summed E-state index contributed by atoms with van der Waals surface area (Å²) in [7, 11) is 0. The molecule has 3 aromatic rings. The molecule has 1 aromatic heterocycles. The first kappa shape index (κ1) is 18.1. The summed E-state index contributed by atoms with van der Waals surface area (Å²) < 4.78 is 0. The van der Waals surface area contributed by atoms with Crippen LogP contribution < -0.4 is 11.1 Å². The minimum atomic E-state index is -0.0743. The number of aryl methyl sites for hydroxylation is 4. The summed E-state index contributed by atoms with van der Waals surface area (Å²) in [5, 5.41) is 4.00. The fraction of sp³-hybridized carbons (Fsp3) is 0.238. The predicted octanol–water partition coefficient (Wildman–Crippen LogP) is 5.19. The van der Waals surface area contributed by atoms with Crippen molar-refractivity contribution in [2.75, 3.05) is 11.1 Å². The molecule has 0 radical (unpaired) electrons. The summed E-state index contributed by atoms with van der Waals surface area (Å²) in [6.45, 7) is 8.08. The molecule has 3 rings (SSSR count). The molecule has 134 valence electrons. The molecule has 4 nitrogen and oxygen atoms in total. The van der Waals surface area contributed by atoms with Crippen LogP contribution in [0, 0.1) is 20.8 Å². The van der Waals surface area contributed by atoms with Gasteiger partial charge in [-0.1, -0.05) is 54.2 Å². The second-order valence-corrected chi connectivity index (χ2v) is 7.47. The number of aromatic nitrogens is 1. The molecule has 0 aliphatic carbocycles. The van der Waals surface area contributed by atoms with Gasteiger partial charge in [-0.15, -0.1) is 0 Å². The smallest absolute Gasteiger partial charge is 0.207 e. The molecule has 0 saturated heterocycles. The van der Waals surface area contributed by atoms with E-state index in [0.29, 0.717) is 15.6 Å². The molecule has 0 spiro atoms. The highest BCUT2D eigenvalue weighted by Crippen LogP contribution is 2.32. The van der Waals surface area contributed by atoms with Crippen molar-refractivity contribution in [2.24, 2.45) is 0 Å². The minimum absolute atomic E-state index is 0.0743. The third kappa shape index (κ3) is 3.48. The van der Waals surface area contributed by atoms with Crippen molar-refractivity contribution < 1.29 is 4.79 Å². The van der Waals surface area contributed by atoms with Gasteiger partial charge in [0.25, 0.3) is 0 Å². The van der Waals surface area contributed by atoms with Gasteiger partial charge < -0.3 is 11.1 Å². The van der Waals surface area contributed by atoms with Gasteiger partial charge in [-0.25, -0.2) is 4.98 Å². The summed E-state index contributed by atoms with van der Waals surface area (Å²) in [4.78, 5) is 17.8. The highest BCUT2D eigenvalue weighted by molar-refractivity contribution is 7.18. The van der Waals surface area contributed by atoms with Crippen molar-refractivity contribution in [2.45, 2.75) is 34.1 Å². The zero-order chi connectivity index (χ0) is 18.8. The second kappa shape index (κ2) is 7.30. The van der Waals surface area contributed by atoms with E-state index in [1.165, 1.54) is 16.9 Å². The van der Waals surface area contributed by atoms with Crippen LogP contribution in [0.5, 0.6) is 0 Å².